The lowest BCUT2D eigenvalue weighted by atomic mass is 9.78. The lowest BCUT2D eigenvalue weighted by Gasteiger charge is -2.34. The van der Waals surface area contributed by atoms with Gasteiger partial charge in [-0.3, -0.25) is 10.1 Å². The standard InChI is InChI=1S/C30H44N6O5S/c1-19(31)20-4-6-23(7-5-20)29(37)36-18-24(21-12-14-35(15-13-21)42(3,39)40)16-27(36)28-32-17-26(34-28)22-8-10-25(11-9-22)33-30(38)41-2/h8-11,17,19-21,23-24,27H,4-7,12-16,18,31H2,1-3H3,(H,32,34)(H,33,38)/t19-,20?,23?,24?,27-/m0/s1. The molecule has 3 atom stereocenters. The molecule has 5 rings (SSSR count). The van der Waals surface area contributed by atoms with E-state index in [2.05, 4.69) is 26.9 Å². The van der Waals surface area contributed by atoms with Crippen LogP contribution in [0.4, 0.5) is 10.5 Å². The molecule has 1 aromatic carbocycles. The first-order chi connectivity index (χ1) is 20.0. The Morgan fingerprint density at radius 2 is 1.74 bits per heavy atom. The van der Waals surface area contributed by atoms with E-state index < -0.39 is 16.1 Å². The number of H-pyrrole nitrogens is 1. The summed E-state index contributed by atoms with van der Waals surface area (Å²) >= 11 is 0. The highest BCUT2D eigenvalue weighted by Crippen LogP contribution is 2.43. The predicted molar refractivity (Wildman–Crippen MR) is 161 cm³/mol. The number of aromatic amines is 1. The normalized spacial score (nSPS) is 26.6. The minimum absolute atomic E-state index is 0.00220. The number of nitrogens with two attached hydrogens (primary N) is 1. The van der Waals surface area contributed by atoms with E-state index in [0.717, 1.165) is 62.0 Å². The van der Waals surface area contributed by atoms with Crippen LogP contribution < -0.4 is 11.1 Å². The number of benzene rings is 1. The van der Waals surface area contributed by atoms with Gasteiger partial charge in [-0.15, -0.1) is 0 Å². The minimum Gasteiger partial charge on any atom is -0.453 e. The first-order valence-electron chi connectivity index (χ1n) is 15.0. The van der Waals surface area contributed by atoms with Crippen molar-refractivity contribution in [3.8, 4) is 11.3 Å². The third-order valence-electron chi connectivity index (χ3n) is 9.65. The largest absolute Gasteiger partial charge is 0.453 e. The lowest BCUT2D eigenvalue weighted by molar-refractivity contribution is -0.138. The molecule has 0 spiro atoms. The fraction of sp³-hybridized carbons (Fsp3) is 0.633. The molecule has 42 heavy (non-hydrogen) atoms. The van der Waals surface area contributed by atoms with Crippen LogP contribution in [0.3, 0.4) is 0 Å². The van der Waals surface area contributed by atoms with Gasteiger partial charge in [0.2, 0.25) is 15.9 Å². The van der Waals surface area contributed by atoms with Gasteiger partial charge >= 0.3 is 6.09 Å². The van der Waals surface area contributed by atoms with Gasteiger partial charge in [-0.1, -0.05) is 12.1 Å². The Morgan fingerprint density at radius 3 is 2.33 bits per heavy atom. The van der Waals surface area contributed by atoms with Crippen LogP contribution in [0.1, 0.15) is 63.7 Å². The van der Waals surface area contributed by atoms with Crippen LogP contribution in [0, 0.1) is 23.7 Å². The molecule has 1 aliphatic carbocycles. The summed E-state index contributed by atoms with van der Waals surface area (Å²) < 4.78 is 30.3. The van der Waals surface area contributed by atoms with Gasteiger partial charge in [0.05, 0.1) is 31.3 Å². The predicted octanol–water partition coefficient (Wildman–Crippen LogP) is 3.97. The monoisotopic (exact) mass is 600 g/mol. The summed E-state index contributed by atoms with van der Waals surface area (Å²) in [7, 11) is -1.87. The van der Waals surface area contributed by atoms with Crippen LogP contribution in [-0.4, -0.2) is 78.6 Å². The van der Waals surface area contributed by atoms with E-state index in [1.807, 2.05) is 12.1 Å². The zero-order chi connectivity index (χ0) is 30.0. The van der Waals surface area contributed by atoms with Crippen LogP contribution >= 0.6 is 0 Å². The van der Waals surface area contributed by atoms with E-state index in [9.17, 15) is 18.0 Å². The second-order valence-electron chi connectivity index (χ2n) is 12.3. The third kappa shape index (κ3) is 6.81. The van der Waals surface area contributed by atoms with Crippen molar-refractivity contribution < 1.29 is 22.7 Å². The molecule has 2 amide bonds. The highest BCUT2D eigenvalue weighted by atomic mass is 32.2. The number of carbonyl (C=O) groups excluding carboxylic acids is 2. The maximum atomic E-state index is 14.0. The van der Waals surface area contributed by atoms with E-state index in [4.69, 9.17) is 10.7 Å². The first kappa shape index (κ1) is 30.5. The molecule has 0 radical (unpaired) electrons. The van der Waals surface area contributed by atoms with Crippen molar-refractivity contribution in [2.45, 2.75) is 64.0 Å². The Labute approximate surface area is 248 Å². The number of likely N-dealkylation sites (tertiary alicyclic amines) is 1. The summed E-state index contributed by atoms with van der Waals surface area (Å²) in [6.45, 7) is 3.79. The SMILES string of the molecule is COC(=O)Nc1ccc(-c2cnc([C@@H]3CC(C4CCN(S(C)(=O)=O)CC4)CN3C(=O)C3CCC([C@H](C)N)CC3)[nH]2)cc1. The lowest BCUT2D eigenvalue weighted by Crippen LogP contribution is -2.41. The maximum absolute atomic E-state index is 14.0. The fourth-order valence-corrected chi connectivity index (χ4v) is 7.95. The van der Waals surface area contributed by atoms with Gasteiger partial charge in [0.1, 0.15) is 5.82 Å². The summed E-state index contributed by atoms with van der Waals surface area (Å²) in [4.78, 5) is 35.8. The Bertz CT molecular complexity index is 1340. The number of anilines is 1. The van der Waals surface area contributed by atoms with Crippen molar-refractivity contribution in [2.24, 2.45) is 29.4 Å². The minimum atomic E-state index is -3.19. The number of methoxy groups -OCH3 is 1. The van der Waals surface area contributed by atoms with Crippen molar-refractivity contribution in [1.29, 1.82) is 0 Å². The molecule has 2 aliphatic heterocycles. The number of piperidine rings is 1. The van der Waals surface area contributed by atoms with Crippen molar-refractivity contribution in [3.63, 3.8) is 0 Å². The number of carbonyl (C=O) groups is 2. The Kier molecular flexibility index (Phi) is 9.24. The molecule has 1 unspecified atom stereocenters. The maximum Gasteiger partial charge on any atom is 0.411 e. The summed E-state index contributed by atoms with van der Waals surface area (Å²) in [6.07, 6.45) is 8.64. The van der Waals surface area contributed by atoms with Gasteiger partial charge in [-0.25, -0.2) is 22.5 Å². The molecule has 11 nitrogen and oxygen atoms in total. The van der Waals surface area contributed by atoms with Crippen LogP contribution in [0.2, 0.25) is 0 Å². The second kappa shape index (κ2) is 12.7. The Morgan fingerprint density at radius 1 is 1.07 bits per heavy atom. The second-order valence-corrected chi connectivity index (χ2v) is 14.3. The average molecular weight is 601 g/mol. The third-order valence-corrected chi connectivity index (χ3v) is 11.0. The van der Waals surface area contributed by atoms with Gasteiger partial charge < -0.3 is 20.4 Å². The fourth-order valence-electron chi connectivity index (χ4n) is 7.07. The molecular weight excluding hydrogens is 556 g/mol. The number of amides is 2. The van der Waals surface area contributed by atoms with Crippen LogP contribution in [0.15, 0.2) is 30.5 Å². The van der Waals surface area contributed by atoms with Gasteiger partial charge in [0.25, 0.3) is 0 Å². The summed E-state index contributed by atoms with van der Waals surface area (Å²) in [6, 6.07) is 7.39. The molecule has 2 saturated heterocycles. The van der Waals surface area contributed by atoms with Gasteiger partial charge in [0.15, 0.2) is 0 Å². The first-order valence-corrected chi connectivity index (χ1v) is 16.9. The molecular formula is C30H44N6O5S. The van der Waals surface area contributed by atoms with Gasteiger partial charge in [0, 0.05) is 37.3 Å². The van der Waals surface area contributed by atoms with Gasteiger partial charge in [-0.2, -0.15) is 0 Å². The number of hydrogen-bond acceptors (Lipinski definition) is 7. The number of aromatic nitrogens is 2. The Hall–Kier alpha value is -2.96. The molecule has 4 N–H and O–H groups in total. The smallest absolute Gasteiger partial charge is 0.411 e. The van der Waals surface area contributed by atoms with E-state index >= 15 is 0 Å². The highest BCUT2D eigenvalue weighted by molar-refractivity contribution is 7.88. The molecule has 0 bridgehead atoms. The van der Waals surface area contributed by atoms with Gasteiger partial charge in [-0.05, 0) is 87.3 Å². The average Bonchev–Trinajstić information content (AvgIpc) is 3.65. The van der Waals surface area contributed by atoms with Crippen molar-refractivity contribution in [1.82, 2.24) is 19.2 Å². The quantitative estimate of drug-likeness (QED) is 0.435. The van der Waals surface area contributed by atoms with Crippen molar-refractivity contribution in [3.05, 3.63) is 36.3 Å². The van der Waals surface area contributed by atoms with E-state index in [1.165, 1.54) is 13.4 Å². The zero-order valence-electron chi connectivity index (χ0n) is 24.8. The molecule has 3 aliphatic rings. The van der Waals surface area contributed by atoms with E-state index in [1.54, 1.807) is 22.6 Å². The molecule has 3 heterocycles. The number of ether oxygens (including phenoxy) is 1. The summed E-state index contributed by atoms with van der Waals surface area (Å²) in [5.41, 5.74) is 8.54. The van der Waals surface area contributed by atoms with E-state index in [-0.39, 0.29) is 23.9 Å². The van der Waals surface area contributed by atoms with Crippen LogP contribution in [-0.2, 0) is 19.6 Å². The topological polar surface area (TPSA) is 151 Å². The zero-order valence-corrected chi connectivity index (χ0v) is 25.6. The van der Waals surface area contributed by atoms with Crippen LogP contribution in [0.25, 0.3) is 11.3 Å². The number of imidazole rings is 1. The number of hydrogen-bond donors (Lipinski definition) is 3. The molecule has 2 aromatic rings. The molecule has 1 aromatic heterocycles. The molecule has 3 fully saturated rings. The van der Waals surface area contributed by atoms with Crippen molar-refractivity contribution in [2.75, 3.05) is 38.3 Å². The highest BCUT2D eigenvalue weighted by Gasteiger charge is 2.44. The number of nitrogens with zero attached hydrogens (tertiary/aromatic N) is 3. The number of sulfonamides is 1. The number of rotatable bonds is 7. The van der Waals surface area contributed by atoms with Crippen molar-refractivity contribution >= 4 is 27.7 Å². The summed E-state index contributed by atoms with van der Waals surface area (Å²) in [5, 5.41) is 2.65. The molecule has 230 valence electrons. The number of nitrogens with one attached hydrogen (secondary N) is 2. The van der Waals surface area contributed by atoms with E-state index in [0.29, 0.717) is 43.1 Å². The summed E-state index contributed by atoms with van der Waals surface area (Å²) in [5.74, 6) is 2.10. The molecule has 1 saturated carbocycles. The molecule has 12 heteroatoms. The Balaban J connectivity index is 1.33. The van der Waals surface area contributed by atoms with Crippen LogP contribution in [0.5, 0.6) is 0 Å².